The van der Waals surface area contributed by atoms with E-state index in [-0.39, 0.29) is 17.4 Å². The second-order valence-electron chi connectivity index (χ2n) is 5.12. The molecule has 2 atom stereocenters. The van der Waals surface area contributed by atoms with Crippen LogP contribution in [0, 0.1) is 0 Å². The monoisotopic (exact) mass is 293 g/mol. The number of hydrogen-bond donors (Lipinski definition) is 0. The van der Waals surface area contributed by atoms with Gasteiger partial charge in [0.1, 0.15) is 11.1 Å². The van der Waals surface area contributed by atoms with Crippen LogP contribution in [-0.4, -0.2) is 42.9 Å². The fraction of sp³-hybridized carbons (Fsp3) is 0.533. The van der Waals surface area contributed by atoms with E-state index in [2.05, 4.69) is 0 Å². The van der Waals surface area contributed by atoms with Crippen molar-refractivity contribution in [3.63, 3.8) is 0 Å². The van der Waals surface area contributed by atoms with E-state index in [4.69, 9.17) is 9.47 Å². The Labute approximate surface area is 123 Å². The molecule has 1 aromatic carbocycles. The van der Waals surface area contributed by atoms with Gasteiger partial charge in [-0.15, -0.1) is 11.8 Å². The molecule has 0 bridgehead atoms. The summed E-state index contributed by atoms with van der Waals surface area (Å²) in [6.45, 7) is 1.54. The Kier molecular flexibility index (Phi) is 4.17. The standard InChI is InChI=1S/C15H19NO3S/c1-18-12-6-4-11(5-7-12)15-16(14(17)10-20-15)9-13-3-2-8-19-13/h4-7,13,15H,2-3,8-10H2,1H3/t13-,15-/m1/s1. The van der Waals surface area contributed by atoms with Crippen LogP contribution in [0.5, 0.6) is 5.75 Å². The highest BCUT2D eigenvalue weighted by Gasteiger charge is 2.35. The van der Waals surface area contributed by atoms with Gasteiger partial charge in [-0.1, -0.05) is 12.1 Å². The van der Waals surface area contributed by atoms with Crippen molar-refractivity contribution >= 4 is 17.7 Å². The Morgan fingerprint density at radius 2 is 2.20 bits per heavy atom. The largest absolute Gasteiger partial charge is 0.497 e. The van der Waals surface area contributed by atoms with E-state index in [0.717, 1.165) is 30.8 Å². The molecular formula is C15H19NO3S. The number of carbonyl (C=O) groups excluding carboxylic acids is 1. The SMILES string of the molecule is COc1ccc([C@H]2SCC(=O)N2C[C@H]2CCCO2)cc1. The van der Waals surface area contributed by atoms with Crippen molar-refractivity contribution in [3.8, 4) is 5.75 Å². The predicted molar refractivity (Wildman–Crippen MR) is 78.9 cm³/mol. The highest BCUT2D eigenvalue weighted by atomic mass is 32.2. The van der Waals surface area contributed by atoms with E-state index in [0.29, 0.717) is 12.3 Å². The second-order valence-corrected chi connectivity index (χ2v) is 6.19. The van der Waals surface area contributed by atoms with E-state index in [1.165, 1.54) is 0 Å². The minimum Gasteiger partial charge on any atom is -0.497 e. The molecular weight excluding hydrogens is 274 g/mol. The van der Waals surface area contributed by atoms with Crippen molar-refractivity contribution in [2.75, 3.05) is 26.0 Å². The first-order valence-corrected chi connectivity index (χ1v) is 7.99. The zero-order valence-corrected chi connectivity index (χ0v) is 12.4. The molecule has 2 aliphatic rings. The van der Waals surface area contributed by atoms with E-state index in [1.54, 1.807) is 18.9 Å². The number of methoxy groups -OCH3 is 1. The van der Waals surface area contributed by atoms with Gasteiger partial charge in [-0.05, 0) is 30.5 Å². The van der Waals surface area contributed by atoms with Crippen molar-refractivity contribution in [1.29, 1.82) is 0 Å². The Morgan fingerprint density at radius 3 is 2.85 bits per heavy atom. The summed E-state index contributed by atoms with van der Waals surface area (Å²) in [7, 11) is 1.66. The average Bonchev–Trinajstić information content (AvgIpc) is 3.11. The normalized spacial score (nSPS) is 26.2. The van der Waals surface area contributed by atoms with Gasteiger partial charge in [-0.25, -0.2) is 0 Å². The lowest BCUT2D eigenvalue weighted by atomic mass is 10.1. The quantitative estimate of drug-likeness (QED) is 0.855. The maximum Gasteiger partial charge on any atom is 0.233 e. The van der Waals surface area contributed by atoms with Gasteiger partial charge in [0.2, 0.25) is 5.91 Å². The van der Waals surface area contributed by atoms with Crippen LogP contribution in [0.4, 0.5) is 0 Å². The summed E-state index contributed by atoms with van der Waals surface area (Å²) in [4.78, 5) is 14.1. The second kappa shape index (κ2) is 6.06. The van der Waals surface area contributed by atoms with Gasteiger partial charge >= 0.3 is 0 Å². The summed E-state index contributed by atoms with van der Waals surface area (Å²) >= 11 is 1.69. The molecule has 108 valence electrons. The number of thioether (sulfide) groups is 1. The topological polar surface area (TPSA) is 38.8 Å². The molecule has 1 aromatic rings. The summed E-state index contributed by atoms with van der Waals surface area (Å²) in [5.74, 6) is 1.61. The van der Waals surface area contributed by atoms with E-state index in [9.17, 15) is 4.79 Å². The van der Waals surface area contributed by atoms with Crippen molar-refractivity contribution in [3.05, 3.63) is 29.8 Å². The first-order valence-electron chi connectivity index (χ1n) is 6.94. The van der Waals surface area contributed by atoms with Crippen molar-refractivity contribution in [1.82, 2.24) is 4.90 Å². The van der Waals surface area contributed by atoms with Crippen LogP contribution in [0.25, 0.3) is 0 Å². The molecule has 20 heavy (non-hydrogen) atoms. The lowest BCUT2D eigenvalue weighted by Gasteiger charge is -2.26. The molecule has 0 saturated carbocycles. The van der Waals surface area contributed by atoms with Crippen molar-refractivity contribution < 1.29 is 14.3 Å². The fourth-order valence-electron chi connectivity index (χ4n) is 2.70. The molecule has 2 heterocycles. The molecule has 3 rings (SSSR count). The molecule has 4 nitrogen and oxygen atoms in total. The van der Waals surface area contributed by atoms with Gasteiger partial charge < -0.3 is 14.4 Å². The van der Waals surface area contributed by atoms with Crippen LogP contribution in [0.1, 0.15) is 23.8 Å². The highest BCUT2D eigenvalue weighted by molar-refractivity contribution is 8.00. The first kappa shape index (κ1) is 13.8. The molecule has 1 amide bonds. The number of ether oxygens (including phenoxy) is 2. The van der Waals surface area contributed by atoms with Crippen LogP contribution < -0.4 is 4.74 Å². The van der Waals surface area contributed by atoms with Crippen molar-refractivity contribution in [2.45, 2.75) is 24.3 Å². The molecule has 2 saturated heterocycles. The Morgan fingerprint density at radius 1 is 1.40 bits per heavy atom. The zero-order valence-electron chi connectivity index (χ0n) is 11.6. The van der Waals surface area contributed by atoms with Crippen molar-refractivity contribution in [2.24, 2.45) is 0 Å². The number of rotatable bonds is 4. The number of hydrogen-bond acceptors (Lipinski definition) is 4. The molecule has 5 heteroatoms. The third kappa shape index (κ3) is 2.79. The van der Waals surface area contributed by atoms with Gasteiger partial charge in [0, 0.05) is 13.2 Å². The summed E-state index contributed by atoms with van der Waals surface area (Å²) in [6.07, 6.45) is 2.37. The predicted octanol–water partition coefficient (Wildman–Crippen LogP) is 2.45. The smallest absolute Gasteiger partial charge is 0.233 e. The van der Waals surface area contributed by atoms with Crippen LogP contribution in [0.2, 0.25) is 0 Å². The van der Waals surface area contributed by atoms with Gasteiger partial charge in [-0.3, -0.25) is 4.79 Å². The highest BCUT2D eigenvalue weighted by Crippen LogP contribution is 2.39. The van der Waals surface area contributed by atoms with E-state index >= 15 is 0 Å². The third-order valence-electron chi connectivity index (χ3n) is 3.79. The van der Waals surface area contributed by atoms with Crippen LogP contribution in [0.15, 0.2) is 24.3 Å². The minimum absolute atomic E-state index is 0.109. The Balaban J connectivity index is 1.74. The summed E-state index contributed by atoms with van der Waals surface area (Å²) in [5, 5.41) is 0.109. The Hall–Kier alpha value is -1.20. The Bertz CT molecular complexity index is 471. The third-order valence-corrected chi connectivity index (χ3v) is 5.05. The maximum atomic E-state index is 12.1. The van der Waals surface area contributed by atoms with Gasteiger partial charge in [-0.2, -0.15) is 0 Å². The number of amides is 1. The van der Waals surface area contributed by atoms with Crippen LogP contribution in [-0.2, 0) is 9.53 Å². The molecule has 0 N–H and O–H groups in total. The summed E-state index contributed by atoms with van der Waals surface area (Å²) < 4.78 is 10.8. The lowest BCUT2D eigenvalue weighted by Crippen LogP contribution is -2.35. The fourth-order valence-corrected chi connectivity index (χ4v) is 3.90. The zero-order chi connectivity index (χ0) is 13.9. The number of benzene rings is 1. The van der Waals surface area contributed by atoms with Gasteiger partial charge in [0.15, 0.2) is 0 Å². The van der Waals surface area contributed by atoms with Gasteiger partial charge in [0.05, 0.1) is 19.0 Å². The number of nitrogens with zero attached hydrogens (tertiary/aromatic N) is 1. The average molecular weight is 293 g/mol. The molecule has 2 fully saturated rings. The van der Waals surface area contributed by atoms with Gasteiger partial charge in [0.25, 0.3) is 0 Å². The molecule has 0 unspecified atom stereocenters. The number of carbonyl (C=O) groups is 1. The summed E-state index contributed by atoms with van der Waals surface area (Å²) in [5.41, 5.74) is 1.15. The van der Waals surface area contributed by atoms with Crippen LogP contribution >= 0.6 is 11.8 Å². The molecule has 0 aliphatic carbocycles. The van der Waals surface area contributed by atoms with Crippen LogP contribution in [0.3, 0.4) is 0 Å². The molecule has 0 aromatic heterocycles. The minimum atomic E-state index is 0.109. The molecule has 0 radical (unpaired) electrons. The first-order chi connectivity index (χ1) is 9.78. The van der Waals surface area contributed by atoms with E-state index < -0.39 is 0 Å². The molecule has 2 aliphatic heterocycles. The molecule has 0 spiro atoms. The van der Waals surface area contributed by atoms with E-state index in [1.807, 2.05) is 29.2 Å². The maximum absolute atomic E-state index is 12.1. The lowest BCUT2D eigenvalue weighted by molar-refractivity contribution is -0.129. The summed E-state index contributed by atoms with van der Waals surface area (Å²) in [6, 6.07) is 7.97.